The van der Waals surface area contributed by atoms with Gasteiger partial charge in [0, 0.05) is 42.6 Å². The predicted octanol–water partition coefficient (Wildman–Crippen LogP) is 1.13. The molecule has 11 nitrogen and oxygen atoms in total. The third-order valence-corrected chi connectivity index (χ3v) is 8.77. The molecule has 1 aliphatic carbocycles. The molecular formula is C27H28F2N4O7. The Morgan fingerprint density at radius 3 is 2.42 bits per heavy atom. The maximum Gasteiger partial charge on any atom is 0.352 e. The van der Waals surface area contributed by atoms with E-state index in [-0.39, 0.29) is 47.6 Å². The van der Waals surface area contributed by atoms with E-state index in [0.717, 1.165) is 6.07 Å². The molecule has 0 radical (unpaired) electrons. The van der Waals surface area contributed by atoms with Crippen LogP contribution < -0.4 is 15.5 Å². The largest absolute Gasteiger partial charge is 0.477 e. The molecule has 1 aromatic carbocycles. The van der Waals surface area contributed by atoms with Crippen LogP contribution in [0.1, 0.15) is 49.9 Å². The number of carboxylic acids is 1. The van der Waals surface area contributed by atoms with Gasteiger partial charge in [0.25, 0.3) is 0 Å². The molecule has 3 N–H and O–H groups in total. The van der Waals surface area contributed by atoms with Gasteiger partial charge in [-0.1, -0.05) is 13.8 Å². The van der Waals surface area contributed by atoms with E-state index >= 15 is 8.78 Å². The van der Waals surface area contributed by atoms with E-state index in [4.69, 9.17) is 10.5 Å². The fraction of sp³-hybridized carbons (Fsp3) is 0.519. The molecular weight excluding hydrogens is 530 g/mol. The fourth-order valence-electron chi connectivity index (χ4n) is 6.42. The lowest BCUT2D eigenvalue weighted by Crippen LogP contribution is -2.55. The Labute approximate surface area is 227 Å². The van der Waals surface area contributed by atoms with Gasteiger partial charge in [0.15, 0.2) is 11.9 Å². The highest BCUT2D eigenvalue weighted by atomic mass is 19.1. The summed E-state index contributed by atoms with van der Waals surface area (Å²) in [6.07, 6.45) is 1.67. The van der Waals surface area contributed by atoms with Crippen LogP contribution in [0.15, 0.2) is 17.3 Å². The molecule has 40 heavy (non-hydrogen) atoms. The fourth-order valence-corrected chi connectivity index (χ4v) is 6.42. The molecule has 13 heteroatoms. The number of carbonyl (C=O) groups excluding carboxylic acids is 4. The van der Waals surface area contributed by atoms with Gasteiger partial charge in [0.2, 0.25) is 17.5 Å². The summed E-state index contributed by atoms with van der Waals surface area (Å²) in [6, 6.07) is -2.14. The first-order valence-electron chi connectivity index (χ1n) is 13.2. The molecule has 0 bridgehead atoms. The number of fused-ring (bicyclic) bond motifs is 2. The van der Waals surface area contributed by atoms with E-state index in [2.05, 4.69) is 0 Å². The Morgan fingerprint density at radius 2 is 1.85 bits per heavy atom. The van der Waals surface area contributed by atoms with Crippen molar-refractivity contribution in [3.8, 4) is 0 Å². The molecule has 4 aliphatic heterocycles. The van der Waals surface area contributed by atoms with Crippen LogP contribution in [0.2, 0.25) is 0 Å². The van der Waals surface area contributed by atoms with Gasteiger partial charge in [-0.25, -0.2) is 18.4 Å². The summed E-state index contributed by atoms with van der Waals surface area (Å²) in [5, 5.41) is 9.78. The number of anilines is 2. The first kappa shape index (κ1) is 26.4. The average Bonchev–Trinajstić information content (AvgIpc) is 3.59. The smallest absolute Gasteiger partial charge is 0.352 e. The van der Waals surface area contributed by atoms with Crippen molar-refractivity contribution < 1.29 is 42.6 Å². The topological polar surface area (TPSA) is 151 Å². The SMILES string of the molecule is CC1(C)C(COC(=O)C2C(=O)C(=O)c3cc(F)c(N4CCC(N)C4)c(F)c3N2C2CC2)=C(C(=O)O)N2C(=O)CC21. The number of amides is 1. The van der Waals surface area contributed by atoms with Crippen molar-refractivity contribution in [1.29, 1.82) is 0 Å². The van der Waals surface area contributed by atoms with Gasteiger partial charge in [0.05, 0.1) is 17.3 Å². The molecule has 4 heterocycles. The van der Waals surface area contributed by atoms with Gasteiger partial charge in [-0.3, -0.25) is 14.4 Å². The van der Waals surface area contributed by atoms with E-state index < -0.39 is 70.9 Å². The quantitative estimate of drug-likeness (QED) is 0.225. The number of nitrogens with two attached hydrogens (primary N) is 1. The highest BCUT2D eigenvalue weighted by Gasteiger charge is 2.58. The van der Waals surface area contributed by atoms with Crippen LogP contribution in [0.4, 0.5) is 20.2 Å². The molecule has 1 saturated carbocycles. The van der Waals surface area contributed by atoms with E-state index in [0.29, 0.717) is 25.8 Å². The highest BCUT2D eigenvalue weighted by molar-refractivity contribution is 6.51. The number of rotatable bonds is 6. The number of esters is 1. The number of halogens is 2. The van der Waals surface area contributed by atoms with Crippen molar-refractivity contribution in [3.05, 3.63) is 34.5 Å². The van der Waals surface area contributed by atoms with Gasteiger partial charge in [0.1, 0.15) is 23.8 Å². The van der Waals surface area contributed by atoms with Crippen LogP contribution in [0, 0.1) is 17.0 Å². The number of ketones is 2. The Bertz CT molecular complexity index is 1440. The predicted molar refractivity (Wildman–Crippen MR) is 134 cm³/mol. The molecule has 3 unspecified atom stereocenters. The van der Waals surface area contributed by atoms with Gasteiger partial charge < -0.3 is 30.3 Å². The van der Waals surface area contributed by atoms with Crippen molar-refractivity contribution in [3.63, 3.8) is 0 Å². The number of carboxylic acid groups (broad SMARTS) is 1. The normalized spacial score (nSPS) is 27.2. The zero-order valence-corrected chi connectivity index (χ0v) is 21.9. The van der Waals surface area contributed by atoms with Crippen LogP contribution in [-0.2, 0) is 23.9 Å². The second-order valence-electron chi connectivity index (χ2n) is 11.6. The summed E-state index contributed by atoms with van der Waals surface area (Å²) in [5.41, 5.74) is 3.87. The first-order valence-corrected chi connectivity index (χ1v) is 13.2. The number of hydrogen-bond donors (Lipinski definition) is 2. The zero-order valence-electron chi connectivity index (χ0n) is 21.9. The summed E-state index contributed by atoms with van der Waals surface area (Å²) in [5.74, 6) is -7.32. The van der Waals surface area contributed by atoms with Crippen molar-refractivity contribution in [1.82, 2.24) is 4.90 Å². The standard InChI is InChI=1S/C27H28F2N4O7/c1-27(2)14(20(25(37)38)33-16(27)8-17(33)34)10-40-26(39)22-24(36)23(35)13-7-15(28)21(31-6-5-11(30)9-31)18(29)19(13)32(22)12-3-4-12/h7,11-12,16,22H,3-6,8-10,30H2,1-2H3,(H,37,38). The maximum absolute atomic E-state index is 16.1. The third kappa shape index (κ3) is 3.66. The number of Topliss-reactive ketones (excluding diaryl/α,β-unsaturated/α-hetero) is 2. The van der Waals surface area contributed by atoms with E-state index in [1.54, 1.807) is 13.8 Å². The molecule has 212 valence electrons. The minimum atomic E-state index is -1.82. The van der Waals surface area contributed by atoms with Crippen LogP contribution in [0.3, 0.4) is 0 Å². The molecule has 0 aromatic heterocycles. The summed E-state index contributed by atoms with van der Waals surface area (Å²) in [6.45, 7) is 3.42. The number of nitrogens with zero attached hydrogens (tertiary/aromatic N) is 3. The van der Waals surface area contributed by atoms with Gasteiger partial charge in [-0.05, 0) is 25.3 Å². The molecule has 3 fully saturated rings. The van der Waals surface area contributed by atoms with Crippen LogP contribution in [0.25, 0.3) is 0 Å². The zero-order chi connectivity index (χ0) is 28.8. The number of hydrogen-bond acceptors (Lipinski definition) is 9. The van der Waals surface area contributed by atoms with Gasteiger partial charge in [-0.2, -0.15) is 0 Å². The highest BCUT2D eigenvalue weighted by Crippen LogP contribution is 2.51. The Hall–Kier alpha value is -3.87. The van der Waals surface area contributed by atoms with Crippen LogP contribution in [0.5, 0.6) is 0 Å². The third-order valence-electron chi connectivity index (χ3n) is 8.77. The number of ether oxygens (including phenoxy) is 1. The molecule has 1 amide bonds. The number of β-lactam (4-membered cyclic amide) rings is 1. The van der Waals surface area contributed by atoms with Crippen molar-refractivity contribution in [2.45, 2.75) is 63.7 Å². The lowest BCUT2D eigenvalue weighted by Gasteiger charge is -2.42. The Kier molecular flexibility index (Phi) is 5.81. The summed E-state index contributed by atoms with van der Waals surface area (Å²) >= 11 is 0. The molecule has 1 aromatic rings. The van der Waals surface area contributed by atoms with E-state index in [1.165, 1.54) is 14.7 Å². The minimum absolute atomic E-state index is 0.142. The second kappa shape index (κ2) is 8.82. The van der Waals surface area contributed by atoms with Gasteiger partial charge in [-0.15, -0.1) is 0 Å². The van der Waals surface area contributed by atoms with E-state index in [1.807, 2.05) is 0 Å². The molecule has 6 rings (SSSR count). The second-order valence-corrected chi connectivity index (χ2v) is 11.6. The molecule has 3 atom stereocenters. The number of benzene rings is 1. The number of carbonyl (C=O) groups is 5. The van der Waals surface area contributed by atoms with Crippen molar-refractivity contribution >= 4 is 40.8 Å². The average molecular weight is 559 g/mol. The summed E-state index contributed by atoms with van der Waals surface area (Å²) in [7, 11) is 0. The lowest BCUT2D eigenvalue weighted by molar-refractivity contribution is -0.150. The monoisotopic (exact) mass is 558 g/mol. The maximum atomic E-state index is 16.1. The Balaban J connectivity index is 1.35. The lowest BCUT2D eigenvalue weighted by atomic mass is 9.76. The summed E-state index contributed by atoms with van der Waals surface area (Å²) in [4.78, 5) is 67.7. The van der Waals surface area contributed by atoms with E-state index in [9.17, 15) is 29.1 Å². The van der Waals surface area contributed by atoms with Gasteiger partial charge >= 0.3 is 11.9 Å². The number of aliphatic carboxylic acids is 1. The van der Waals surface area contributed by atoms with Crippen LogP contribution in [-0.4, -0.2) is 83.3 Å². The molecule has 2 saturated heterocycles. The van der Waals surface area contributed by atoms with Crippen LogP contribution >= 0.6 is 0 Å². The minimum Gasteiger partial charge on any atom is -0.477 e. The first-order chi connectivity index (χ1) is 18.8. The van der Waals surface area contributed by atoms with Crippen molar-refractivity contribution in [2.24, 2.45) is 11.1 Å². The molecule has 0 spiro atoms. The molecule has 5 aliphatic rings. The van der Waals surface area contributed by atoms with Crippen molar-refractivity contribution in [2.75, 3.05) is 29.5 Å². The summed E-state index contributed by atoms with van der Waals surface area (Å²) < 4.78 is 36.6. The Morgan fingerprint density at radius 1 is 1.15 bits per heavy atom.